The number of benzene rings is 1. The summed E-state index contributed by atoms with van der Waals surface area (Å²) in [5.41, 5.74) is 3.42. The fraction of sp³-hybridized carbons (Fsp3) is 0.200. The van der Waals surface area contributed by atoms with Crippen LogP contribution in [0.1, 0.15) is 5.56 Å². The Morgan fingerprint density at radius 2 is 1.92 bits per heavy atom. The van der Waals surface area contributed by atoms with Crippen molar-refractivity contribution in [3.63, 3.8) is 0 Å². The molecule has 0 heterocycles. The molecule has 0 radical (unpaired) electrons. The molecule has 0 saturated heterocycles. The first kappa shape index (κ1) is 9.23. The highest BCUT2D eigenvalue weighted by Crippen LogP contribution is 2.01. The van der Waals surface area contributed by atoms with Crippen molar-refractivity contribution in [2.45, 2.75) is 6.55 Å². The van der Waals surface area contributed by atoms with Crippen LogP contribution in [-0.4, -0.2) is 16.2 Å². The standard InChI is InChI=1S/C10H14OSi/c1-11-12(2)9-8-10-6-4-3-5-7-10/h3-9,12H,1-2H3. The average molecular weight is 178 g/mol. The smallest absolute Gasteiger partial charge is 0.197 e. The molecule has 1 unspecified atom stereocenters. The van der Waals surface area contributed by atoms with E-state index in [9.17, 15) is 0 Å². The van der Waals surface area contributed by atoms with E-state index in [1.807, 2.05) is 18.2 Å². The Morgan fingerprint density at radius 1 is 1.25 bits per heavy atom. The average Bonchev–Trinajstić information content (AvgIpc) is 2.16. The Kier molecular flexibility index (Phi) is 3.77. The maximum atomic E-state index is 5.22. The molecule has 1 aromatic rings. The quantitative estimate of drug-likeness (QED) is 0.645. The van der Waals surface area contributed by atoms with Crippen LogP contribution in [0, 0.1) is 0 Å². The molecule has 1 aromatic carbocycles. The first-order chi connectivity index (χ1) is 5.83. The molecule has 1 atom stereocenters. The molecule has 2 heteroatoms. The Bertz CT molecular complexity index is 243. The molecular formula is C10H14OSi. The molecule has 0 aliphatic carbocycles. The first-order valence-electron chi connectivity index (χ1n) is 4.09. The van der Waals surface area contributed by atoms with Gasteiger partial charge in [-0.15, -0.1) is 0 Å². The van der Waals surface area contributed by atoms with Crippen LogP contribution in [-0.2, 0) is 4.43 Å². The summed E-state index contributed by atoms with van der Waals surface area (Å²) in [6, 6.07) is 10.3. The summed E-state index contributed by atoms with van der Waals surface area (Å²) >= 11 is 0. The molecule has 1 rings (SSSR count). The molecule has 1 nitrogen and oxygen atoms in total. The lowest BCUT2D eigenvalue weighted by Crippen LogP contribution is -2.05. The highest BCUT2D eigenvalue weighted by atomic mass is 28.3. The van der Waals surface area contributed by atoms with Crippen molar-refractivity contribution in [1.82, 2.24) is 0 Å². The van der Waals surface area contributed by atoms with Crippen molar-refractivity contribution >= 4 is 15.1 Å². The van der Waals surface area contributed by atoms with E-state index in [-0.39, 0.29) is 0 Å². The second-order valence-corrected chi connectivity index (χ2v) is 4.98. The van der Waals surface area contributed by atoms with Gasteiger partial charge in [0.05, 0.1) is 0 Å². The van der Waals surface area contributed by atoms with E-state index in [2.05, 4.69) is 30.5 Å². The summed E-state index contributed by atoms with van der Waals surface area (Å²) in [7, 11) is 0.738. The summed E-state index contributed by atoms with van der Waals surface area (Å²) in [4.78, 5) is 0. The number of hydrogen-bond donors (Lipinski definition) is 0. The lowest BCUT2D eigenvalue weighted by Gasteiger charge is -1.98. The van der Waals surface area contributed by atoms with Crippen molar-refractivity contribution in [2.24, 2.45) is 0 Å². The van der Waals surface area contributed by atoms with Crippen molar-refractivity contribution in [1.29, 1.82) is 0 Å². The van der Waals surface area contributed by atoms with Gasteiger partial charge in [0.15, 0.2) is 9.04 Å². The van der Waals surface area contributed by atoms with Gasteiger partial charge in [0.2, 0.25) is 0 Å². The third-order valence-corrected chi connectivity index (χ3v) is 3.21. The highest BCUT2D eigenvalue weighted by Gasteiger charge is 1.93. The van der Waals surface area contributed by atoms with Gasteiger partial charge in [0.25, 0.3) is 0 Å². The molecule has 64 valence electrons. The van der Waals surface area contributed by atoms with Gasteiger partial charge in [0, 0.05) is 7.11 Å². The summed E-state index contributed by atoms with van der Waals surface area (Å²) in [5, 5.41) is 0. The van der Waals surface area contributed by atoms with E-state index in [4.69, 9.17) is 4.43 Å². The summed E-state index contributed by atoms with van der Waals surface area (Å²) in [5.74, 6) is 0. The van der Waals surface area contributed by atoms with E-state index in [0.717, 1.165) is 0 Å². The maximum Gasteiger partial charge on any atom is 0.197 e. The lowest BCUT2D eigenvalue weighted by molar-refractivity contribution is 0.434. The second kappa shape index (κ2) is 4.90. The minimum absolute atomic E-state index is 1.03. The van der Waals surface area contributed by atoms with Crippen LogP contribution in [0.2, 0.25) is 6.55 Å². The minimum atomic E-state index is -1.03. The molecule has 0 amide bonds. The molecule has 0 aliphatic rings. The van der Waals surface area contributed by atoms with E-state index >= 15 is 0 Å². The zero-order valence-electron chi connectivity index (χ0n) is 7.53. The van der Waals surface area contributed by atoms with Crippen molar-refractivity contribution in [2.75, 3.05) is 7.11 Å². The van der Waals surface area contributed by atoms with E-state index in [1.165, 1.54) is 5.56 Å². The monoisotopic (exact) mass is 178 g/mol. The predicted molar refractivity (Wildman–Crippen MR) is 55.5 cm³/mol. The molecule has 12 heavy (non-hydrogen) atoms. The third-order valence-electron chi connectivity index (χ3n) is 1.73. The maximum absolute atomic E-state index is 5.22. The van der Waals surface area contributed by atoms with Gasteiger partial charge in [0.1, 0.15) is 0 Å². The molecule has 0 N–H and O–H groups in total. The third kappa shape index (κ3) is 3.03. The van der Waals surface area contributed by atoms with Crippen LogP contribution in [0.3, 0.4) is 0 Å². The van der Waals surface area contributed by atoms with E-state index in [0.29, 0.717) is 0 Å². The van der Waals surface area contributed by atoms with E-state index < -0.39 is 9.04 Å². The number of rotatable bonds is 3. The molecule has 0 aliphatic heterocycles. The summed E-state index contributed by atoms with van der Waals surface area (Å²) in [6.07, 6.45) is 2.13. The van der Waals surface area contributed by atoms with Gasteiger partial charge >= 0.3 is 0 Å². The lowest BCUT2D eigenvalue weighted by atomic mass is 10.2. The first-order valence-corrected chi connectivity index (χ1v) is 6.38. The van der Waals surface area contributed by atoms with Crippen molar-refractivity contribution in [3.8, 4) is 0 Å². The van der Waals surface area contributed by atoms with Gasteiger partial charge in [-0.1, -0.05) is 42.1 Å². The zero-order valence-corrected chi connectivity index (χ0v) is 8.68. The molecule has 0 spiro atoms. The Balaban J connectivity index is 2.58. The minimum Gasteiger partial charge on any atom is -0.419 e. The highest BCUT2D eigenvalue weighted by molar-refractivity contribution is 6.56. The van der Waals surface area contributed by atoms with Crippen LogP contribution in [0.25, 0.3) is 6.08 Å². The Hall–Kier alpha value is -0.863. The molecule has 0 aromatic heterocycles. The van der Waals surface area contributed by atoms with Gasteiger partial charge < -0.3 is 4.43 Å². The molecule has 0 bridgehead atoms. The normalized spacial score (nSPS) is 13.5. The largest absolute Gasteiger partial charge is 0.419 e. The Labute approximate surface area is 75.4 Å². The zero-order chi connectivity index (χ0) is 8.81. The summed E-state index contributed by atoms with van der Waals surface area (Å²) < 4.78 is 5.22. The van der Waals surface area contributed by atoms with Crippen LogP contribution >= 0.6 is 0 Å². The topological polar surface area (TPSA) is 9.23 Å². The van der Waals surface area contributed by atoms with E-state index in [1.54, 1.807) is 7.11 Å². The van der Waals surface area contributed by atoms with Crippen LogP contribution < -0.4 is 0 Å². The van der Waals surface area contributed by atoms with Gasteiger partial charge in [-0.05, 0) is 12.1 Å². The SMILES string of the molecule is CO[SiH](C)C=Cc1ccccc1. The van der Waals surface area contributed by atoms with Crippen LogP contribution in [0.15, 0.2) is 36.0 Å². The fourth-order valence-corrected chi connectivity index (χ4v) is 1.54. The van der Waals surface area contributed by atoms with Crippen molar-refractivity contribution < 1.29 is 4.43 Å². The van der Waals surface area contributed by atoms with Crippen LogP contribution in [0.4, 0.5) is 0 Å². The summed E-state index contributed by atoms with van der Waals surface area (Å²) in [6.45, 7) is 2.15. The molecule has 0 fully saturated rings. The molecule has 0 saturated carbocycles. The molecular weight excluding hydrogens is 164 g/mol. The predicted octanol–water partition coefficient (Wildman–Crippen LogP) is 2.24. The van der Waals surface area contributed by atoms with Crippen LogP contribution in [0.5, 0.6) is 0 Å². The number of hydrogen-bond acceptors (Lipinski definition) is 1. The second-order valence-electron chi connectivity index (χ2n) is 2.71. The Morgan fingerprint density at radius 3 is 2.50 bits per heavy atom. The van der Waals surface area contributed by atoms with Crippen molar-refractivity contribution in [3.05, 3.63) is 41.6 Å². The van der Waals surface area contributed by atoms with Gasteiger partial charge in [-0.2, -0.15) is 0 Å². The fourth-order valence-electron chi connectivity index (χ4n) is 0.889. The van der Waals surface area contributed by atoms with Gasteiger partial charge in [-0.3, -0.25) is 0 Å². The van der Waals surface area contributed by atoms with Gasteiger partial charge in [-0.25, -0.2) is 0 Å².